The Balaban J connectivity index is 2.05. The monoisotopic (exact) mass is 202 g/mol. The Bertz CT molecular complexity index is 348. The van der Waals surface area contributed by atoms with Gasteiger partial charge in [-0.25, -0.2) is 8.42 Å². The molecule has 3 rings (SSSR count). The molecule has 0 bridgehead atoms. The van der Waals surface area contributed by atoms with Crippen molar-refractivity contribution in [1.82, 2.24) is 0 Å². The molecule has 2 heterocycles. The second-order valence-corrected chi connectivity index (χ2v) is 6.98. The van der Waals surface area contributed by atoms with E-state index in [0.717, 1.165) is 12.8 Å². The standard InChI is InChI=1S/C9H14O3S/c1-6-4-9(6)5-13(10,11)7-2-3-12-8(7)9/h6-8H,2-5H2,1H3. The van der Waals surface area contributed by atoms with E-state index in [2.05, 4.69) is 6.92 Å². The van der Waals surface area contributed by atoms with Gasteiger partial charge < -0.3 is 4.74 Å². The molecular formula is C9H14O3S. The average molecular weight is 202 g/mol. The number of rotatable bonds is 0. The third-order valence-electron chi connectivity index (χ3n) is 4.04. The fraction of sp³-hybridized carbons (Fsp3) is 1.00. The molecule has 3 nitrogen and oxygen atoms in total. The van der Waals surface area contributed by atoms with Crippen LogP contribution in [0.3, 0.4) is 0 Å². The highest BCUT2D eigenvalue weighted by atomic mass is 32.2. The minimum Gasteiger partial charge on any atom is -0.376 e. The smallest absolute Gasteiger partial charge is 0.156 e. The molecule has 0 aromatic heterocycles. The number of sulfone groups is 1. The average Bonchev–Trinajstić information content (AvgIpc) is 2.52. The molecule has 0 aromatic rings. The Hall–Kier alpha value is -0.0900. The molecule has 1 saturated carbocycles. The Kier molecular flexibility index (Phi) is 1.34. The lowest BCUT2D eigenvalue weighted by Gasteiger charge is -2.14. The second-order valence-electron chi connectivity index (χ2n) is 4.76. The van der Waals surface area contributed by atoms with E-state index in [4.69, 9.17) is 4.74 Å². The zero-order chi connectivity index (χ0) is 9.27. The summed E-state index contributed by atoms with van der Waals surface area (Å²) in [6.07, 6.45) is 1.81. The molecule has 4 atom stereocenters. The maximum absolute atomic E-state index is 11.8. The summed E-state index contributed by atoms with van der Waals surface area (Å²) >= 11 is 0. The van der Waals surface area contributed by atoms with Crippen LogP contribution in [0.4, 0.5) is 0 Å². The normalized spacial score (nSPS) is 56.8. The third-order valence-corrected chi connectivity index (χ3v) is 6.39. The van der Waals surface area contributed by atoms with Crippen LogP contribution in [0.1, 0.15) is 19.8 Å². The third kappa shape index (κ3) is 0.859. The Morgan fingerprint density at radius 2 is 2.15 bits per heavy atom. The molecule has 1 spiro atoms. The SMILES string of the molecule is CC1CC12CS(=O)(=O)C1CCOC12. The van der Waals surface area contributed by atoms with E-state index in [1.807, 2.05) is 0 Å². The van der Waals surface area contributed by atoms with Gasteiger partial charge in [-0.3, -0.25) is 0 Å². The summed E-state index contributed by atoms with van der Waals surface area (Å²) in [4.78, 5) is 0. The van der Waals surface area contributed by atoms with Crippen LogP contribution in [0.2, 0.25) is 0 Å². The molecular weight excluding hydrogens is 188 g/mol. The molecule has 3 aliphatic rings. The van der Waals surface area contributed by atoms with Gasteiger partial charge in [0.25, 0.3) is 0 Å². The van der Waals surface area contributed by atoms with Gasteiger partial charge in [0.15, 0.2) is 9.84 Å². The van der Waals surface area contributed by atoms with Crippen molar-refractivity contribution in [1.29, 1.82) is 0 Å². The van der Waals surface area contributed by atoms with Crippen LogP contribution in [0.5, 0.6) is 0 Å². The molecule has 0 amide bonds. The van der Waals surface area contributed by atoms with E-state index in [-0.39, 0.29) is 16.8 Å². The first-order valence-electron chi connectivity index (χ1n) is 4.89. The lowest BCUT2D eigenvalue weighted by atomic mass is 9.97. The van der Waals surface area contributed by atoms with Gasteiger partial charge in [-0.05, 0) is 18.8 Å². The van der Waals surface area contributed by atoms with E-state index in [0.29, 0.717) is 18.3 Å². The molecule has 74 valence electrons. The minimum atomic E-state index is -2.83. The molecule has 3 fully saturated rings. The van der Waals surface area contributed by atoms with Crippen molar-refractivity contribution in [2.75, 3.05) is 12.4 Å². The summed E-state index contributed by atoms with van der Waals surface area (Å²) < 4.78 is 29.1. The highest BCUT2D eigenvalue weighted by Gasteiger charge is 2.69. The lowest BCUT2D eigenvalue weighted by molar-refractivity contribution is 0.0629. The molecule has 2 saturated heterocycles. The molecule has 4 unspecified atom stereocenters. The number of ether oxygens (including phenoxy) is 1. The van der Waals surface area contributed by atoms with E-state index < -0.39 is 9.84 Å². The summed E-state index contributed by atoms with van der Waals surface area (Å²) in [6.45, 7) is 2.78. The fourth-order valence-corrected chi connectivity index (χ4v) is 5.86. The van der Waals surface area contributed by atoms with E-state index >= 15 is 0 Å². The predicted molar refractivity (Wildman–Crippen MR) is 48.1 cm³/mol. The van der Waals surface area contributed by atoms with Crippen molar-refractivity contribution in [2.45, 2.75) is 31.1 Å². The lowest BCUT2D eigenvalue weighted by Crippen LogP contribution is -2.25. The van der Waals surface area contributed by atoms with Gasteiger partial charge in [0.2, 0.25) is 0 Å². The quantitative estimate of drug-likeness (QED) is 0.577. The van der Waals surface area contributed by atoms with Crippen LogP contribution >= 0.6 is 0 Å². The van der Waals surface area contributed by atoms with E-state index in [1.54, 1.807) is 0 Å². The zero-order valence-electron chi connectivity index (χ0n) is 7.69. The first-order chi connectivity index (χ1) is 6.06. The summed E-state index contributed by atoms with van der Waals surface area (Å²) in [7, 11) is -2.83. The summed E-state index contributed by atoms with van der Waals surface area (Å²) in [5.41, 5.74) is 0.0278. The number of hydrogen-bond donors (Lipinski definition) is 0. The molecule has 13 heavy (non-hydrogen) atoms. The maximum atomic E-state index is 11.8. The summed E-state index contributed by atoms with van der Waals surface area (Å²) in [6, 6.07) is 0. The summed E-state index contributed by atoms with van der Waals surface area (Å²) in [5, 5.41) is -0.169. The Labute approximate surface area is 78.4 Å². The van der Waals surface area contributed by atoms with Crippen LogP contribution in [-0.4, -0.2) is 32.1 Å². The Morgan fingerprint density at radius 1 is 1.46 bits per heavy atom. The first-order valence-corrected chi connectivity index (χ1v) is 6.61. The van der Waals surface area contributed by atoms with Crippen molar-refractivity contribution in [2.24, 2.45) is 11.3 Å². The Morgan fingerprint density at radius 3 is 2.77 bits per heavy atom. The van der Waals surface area contributed by atoms with Gasteiger partial charge in [-0.2, -0.15) is 0 Å². The fourth-order valence-electron chi connectivity index (χ4n) is 3.15. The van der Waals surface area contributed by atoms with Crippen molar-refractivity contribution in [3.05, 3.63) is 0 Å². The number of fused-ring (bicyclic) bond motifs is 2. The maximum Gasteiger partial charge on any atom is 0.156 e. The molecule has 0 radical (unpaired) electrons. The first kappa shape index (κ1) is 8.24. The summed E-state index contributed by atoms with van der Waals surface area (Å²) in [5.74, 6) is 0.937. The van der Waals surface area contributed by atoms with Crippen LogP contribution in [0.15, 0.2) is 0 Å². The van der Waals surface area contributed by atoms with Crippen LogP contribution < -0.4 is 0 Å². The second kappa shape index (κ2) is 2.11. The molecule has 4 heteroatoms. The van der Waals surface area contributed by atoms with Gasteiger partial charge >= 0.3 is 0 Å². The largest absolute Gasteiger partial charge is 0.376 e. The van der Waals surface area contributed by atoms with Crippen molar-refractivity contribution in [3.63, 3.8) is 0 Å². The van der Waals surface area contributed by atoms with Crippen LogP contribution in [0, 0.1) is 11.3 Å². The van der Waals surface area contributed by atoms with Crippen molar-refractivity contribution < 1.29 is 13.2 Å². The van der Waals surface area contributed by atoms with E-state index in [1.165, 1.54) is 0 Å². The van der Waals surface area contributed by atoms with E-state index in [9.17, 15) is 8.42 Å². The van der Waals surface area contributed by atoms with Crippen molar-refractivity contribution >= 4 is 9.84 Å². The van der Waals surface area contributed by atoms with Gasteiger partial charge in [-0.1, -0.05) is 6.92 Å². The molecule has 0 N–H and O–H groups in total. The van der Waals surface area contributed by atoms with Crippen LogP contribution in [0.25, 0.3) is 0 Å². The van der Waals surface area contributed by atoms with Crippen molar-refractivity contribution in [3.8, 4) is 0 Å². The van der Waals surface area contributed by atoms with Gasteiger partial charge in [0.1, 0.15) is 0 Å². The molecule has 0 aromatic carbocycles. The highest BCUT2D eigenvalue weighted by molar-refractivity contribution is 7.92. The predicted octanol–water partition coefficient (Wildman–Crippen LogP) is 0.599. The minimum absolute atomic E-state index is 0.0278. The molecule has 1 aliphatic carbocycles. The van der Waals surface area contributed by atoms with Crippen LogP contribution in [-0.2, 0) is 14.6 Å². The van der Waals surface area contributed by atoms with Gasteiger partial charge in [-0.15, -0.1) is 0 Å². The zero-order valence-corrected chi connectivity index (χ0v) is 8.51. The number of hydrogen-bond acceptors (Lipinski definition) is 3. The highest BCUT2D eigenvalue weighted by Crippen LogP contribution is 2.63. The van der Waals surface area contributed by atoms with Gasteiger partial charge in [0.05, 0.1) is 17.1 Å². The topological polar surface area (TPSA) is 43.4 Å². The molecule has 2 aliphatic heterocycles. The van der Waals surface area contributed by atoms with Gasteiger partial charge in [0, 0.05) is 12.0 Å².